The molecule has 0 saturated heterocycles. The minimum atomic E-state index is -0.257. The van der Waals surface area contributed by atoms with Crippen LogP contribution in [0.2, 0.25) is 0 Å². The van der Waals surface area contributed by atoms with Crippen molar-refractivity contribution in [2.24, 2.45) is 0 Å². The van der Waals surface area contributed by atoms with Crippen molar-refractivity contribution in [3.63, 3.8) is 0 Å². The fraction of sp³-hybridized carbons (Fsp3) is 0.300. The monoisotopic (exact) mass is 365 g/mol. The highest BCUT2D eigenvalue weighted by molar-refractivity contribution is 5.92. The van der Waals surface area contributed by atoms with Crippen LogP contribution in [0.3, 0.4) is 0 Å². The molecule has 2 aromatic heterocycles. The van der Waals surface area contributed by atoms with Crippen molar-refractivity contribution in [2.45, 2.75) is 32.5 Å². The molecule has 7 heteroatoms. The number of amides is 1. The molecule has 0 aliphatic carbocycles. The van der Waals surface area contributed by atoms with Crippen LogP contribution in [-0.4, -0.2) is 39.0 Å². The van der Waals surface area contributed by atoms with Gasteiger partial charge in [0, 0.05) is 43.7 Å². The number of carbonyl (C=O) groups excluding carboxylic acids is 1. The number of carbonyl (C=O) groups is 1. The van der Waals surface area contributed by atoms with E-state index in [2.05, 4.69) is 37.5 Å². The Hall–Kier alpha value is -3.06. The van der Waals surface area contributed by atoms with E-state index < -0.39 is 0 Å². The first-order valence-corrected chi connectivity index (χ1v) is 8.84. The molecule has 1 unspecified atom stereocenters. The molecular weight excluding hydrogens is 342 g/mol. The quantitative estimate of drug-likeness (QED) is 0.660. The summed E-state index contributed by atoms with van der Waals surface area (Å²) in [7, 11) is 2.00. The summed E-state index contributed by atoms with van der Waals surface area (Å²) in [6.45, 7) is 3.28. The van der Waals surface area contributed by atoms with Crippen LogP contribution in [0.4, 0.5) is 0 Å². The summed E-state index contributed by atoms with van der Waals surface area (Å²) in [5.41, 5.74) is 2.33. The Morgan fingerprint density at radius 2 is 2.04 bits per heavy atom. The van der Waals surface area contributed by atoms with Crippen molar-refractivity contribution in [3.05, 3.63) is 77.7 Å². The molecule has 1 atom stereocenters. The summed E-state index contributed by atoms with van der Waals surface area (Å²) in [6, 6.07) is 11.8. The summed E-state index contributed by atoms with van der Waals surface area (Å²) in [4.78, 5) is 22.7. The topological polar surface area (TPSA) is 84.2 Å². The zero-order valence-electron chi connectivity index (χ0n) is 15.5. The molecular formula is C20H23N5O2. The maximum absolute atomic E-state index is 12.4. The van der Waals surface area contributed by atoms with Crippen LogP contribution < -0.4 is 5.32 Å². The third kappa shape index (κ3) is 5.72. The van der Waals surface area contributed by atoms with E-state index in [0.29, 0.717) is 18.7 Å². The number of hydrogen-bond donors (Lipinski definition) is 1. The number of nitrogens with zero attached hydrogens (tertiary/aromatic N) is 4. The molecule has 0 aliphatic rings. The molecule has 0 radical (unpaired) electrons. The molecule has 0 bridgehead atoms. The second-order valence-electron chi connectivity index (χ2n) is 6.61. The van der Waals surface area contributed by atoms with Crippen molar-refractivity contribution >= 4 is 5.91 Å². The Balaban J connectivity index is 1.51. The van der Waals surface area contributed by atoms with Crippen LogP contribution in [0.1, 0.15) is 34.4 Å². The highest BCUT2D eigenvalue weighted by Crippen LogP contribution is 2.10. The Kier molecular flexibility index (Phi) is 6.27. The average Bonchev–Trinajstić information content (AvgIpc) is 3.11. The van der Waals surface area contributed by atoms with Crippen LogP contribution in [0.25, 0.3) is 0 Å². The summed E-state index contributed by atoms with van der Waals surface area (Å²) in [5, 5.41) is 6.80. The highest BCUT2D eigenvalue weighted by Gasteiger charge is 2.16. The van der Waals surface area contributed by atoms with E-state index in [1.807, 2.05) is 32.2 Å². The van der Waals surface area contributed by atoms with Gasteiger partial charge in [-0.2, -0.15) is 0 Å². The van der Waals surface area contributed by atoms with Gasteiger partial charge in [0.2, 0.25) is 0 Å². The largest absolute Gasteiger partial charge is 0.359 e. The molecule has 0 spiro atoms. The maximum atomic E-state index is 12.4. The first-order valence-electron chi connectivity index (χ1n) is 8.84. The second kappa shape index (κ2) is 9.05. The zero-order chi connectivity index (χ0) is 19.1. The molecule has 3 rings (SSSR count). The minimum Gasteiger partial charge on any atom is -0.359 e. The maximum Gasteiger partial charge on any atom is 0.273 e. The summed E-state index contributed by atoms with van der Waals surface area (Å²) < 4.78 is 5.32. The van der Waals surface area contributed by atoms with E-state index in [-0.39, 0.29) is 17.6 Å². The molecule has 2 heterocycles. The van der Waals surface area contributed by atoms with Gasteiger partial charge in [0.05, 0.1) is 12.2 Å². The molecule has 0 aliphatic heterocycles. The third-order valence-electron chi connectivity index (χ3n) is 4.02. The number of benzene rings is 1. The molecule has 1 aromatic carbocycles. The molecule has 1 amide bonds. The molecule has 140 valence electrons. The Bertz CT molecular complexity index is 851. The molecule has 3 aromatic rings. The fourth-order valence-electron chi connectivity index (χ4n) is 2.81. The average molecular weight is 365 g/mol. The molecule has 0 saturated carbocycles. The molecule has 1 N–H and O–H groups in total. The second-order valence-corrected chi connectivity index (χ2v) is 6.61. The lowest BCUT2D eigenvalue weighted by Gasteiger charge is -2.14. The van der Waals surface area contributed by atoms with Crippen molar-refractivity contribution in [2.75, 3.05) is 7.05 Å². The standard InChI is InChI=1S/C20H23N5O2/c1-15(10-17-12-21-8-9-22-17)23-20(26)19-11-18(27-24-19)14-25(2)13-16-6-4-3-5-7-16/h3-9,11-12,15H,10,13-14H2,1-2H3,(H,23,26). The van der Waals surface area contributed by atoms with Crippen LogP contribution in [0.15, 0.2) is 59.5 Å². The number of hydrogen-bond acceptors (Lipinski definition) is 6. The van der Waals surface area contributed by atoms with Gasteiger partial charge in [-0.3, -0.25) is 19.7 Å². The lowest BCUT2D eigenvalue weighted by atomic mass is 10.2. The van der Waals surface area contributed by atoms with Gasteiger partial charge in [0.1, 0.15) is 0 Å². The first-order chi connectivity index (χ1) is 13.1. The van der Waals surface area contributed by atoms with Crippen LogP contribution in [0, 0.1) is 0 Å². The van der Waals surface area contributed by atoms with E-state index in [9.17, 15) is 4.79 Å². The van der Waals surface area contributed by atoms with Gasteiger partial charge in [0.25, 0.3) is 5.91 Å². The van der Waals surface area contributed by atoms with E-state index in [1.54, 1.807) is 24.7 Å². The first kappa shape index (κ1) is 18.7. The normalized spacial score (nSPS) is 12.1. The molecule has 27 heavy (non-hydrogen) atoms. The van der Waals surface area contributed by atoms with E-state index in [1.165, 1.54) is 5.56 Å². The minimum absolute atomic E-state index is 0.0879. The zero-order valence-corrected chi connectivity index (χ0v) is 15.5. The summed E-state index contributed by atoms with van der Waals surface area (Å²) >= 11 is 0. The number of aromatic nitrogens is 3. The van der Waals surface area contributed by atoms with Gasteiger partial charge in [-0.15, -0.1) is 0 Å². The third-order valence-corrected chi connectivity index (χ3v) is 4.02. The molecule has 0 fully saturated rings. The molecule has 7 nitrogen and oxygen atoms in total. The van der Waals surface area contributed by atoms with Crippen molar-refractivity contribution in [1.82, 2.24) is 25.3 Å². The summed E-state index contributed by atoms with van der Waals surface area (Å²) in [6.07, 6.45) is 5.56. The van der Waals surface area contributed by atoms with Gasteiger partial charge >= 0.3 is 0 Å². The highest BCUT2D eigenvalue weighted by atomic mass is 16.5. The van der Waals surface area contributed by atoms with Gasteiger partial charge in [0.15, 0.2) is 11.5 Å². The van der Waals surface area contributed by atoms with Gasteiger partial charge < -0.3 is 9.84 Å². The van der Waals surface area contributed by atoms with Crippen LogP contribution >= 0.6 is 0 Å². The predicted octanol–water partition coefficient (Wildman–Crippen LogP) is 2.46. The van der Waals surface area contributed by atoms with Gasteiger partial charge in [-0.05, 0) is 19.5 Å². The van der Waals surface area contributed by atoms with Crippen molar-refractivity contribution in [1.29, 1.82) is 0 Å². The Labute approximate surface area is 158 Å². The lowest BCUT2D eigenvalue weighted by Crippen LogP contribution is -2.34. The smallest absolute Gasteiger partial charge is 0.273 e. The van der Waals surface area contributed by atoms with Gasteiger partial charge in [-0.25, -0.2) is 0 Å². The van der Waals surface area contributed by atoms with Gasteiger partial charge in [-0.1, -0.05) is 35.5 Å². The fourth-order valence-corrected chi connectivity index (χ4v) is 2.81. The summed E-state index contributed by atoms with van der Waals surface area (Å²) in [5.74, 6) is 0.396. The SMILES string of the molecule is CC(Cc1cnccn1)NC(=O)c1cc(CN(C)Cc2ccccc2)on1. The Morgan fingerprint density at radius 1 is 1.22 bits per heavy atom. The van der Waals surface area contributed by atoms with E-state index in [0.717, 1.165) is 12.2 Å². The number of rotatable bonds is 8. The van der Waals surface area contributed by atoms with Crippen LogP contribution in [-0.2, 0) is 19.5 Å². The van der Waals surface area contributed by atoms with Crippen LogP contribution in [0.5, 0.6) is 0 Å². The number of nitrogens with one attached hydrogen (secondary N) is 1. The lowest BCUT2D eigenvalue weighted by molar-refractivity contribution is 0.0930. The Morgan fingerprint density at radius 3 is 2.78 bits per heavy atom. The van der Waals surface area contributed by atoms with Crippen molar-refractivity contribution < 1.29 is 9.32 Å². The van der Waals surface area contributed by atoms with E-state index >= 15 is 0 Å². The predicted molar refractivity (Wildman–Crippen MR) is 101 cm³/mol. The van der Waals surface area contributed by atoms with Crippen molar-refractivity contribution in [3.8, 4) is 0 Å². The van der Waals surface area contributed by atoms with E-state index in [4.69, 9.17) is 4.52 Å².